The number of aliphatic hydroxyl groups excluding tert-OH is 1. The molecule has 1 heterocycles. The van der Waals surface area contributed by atoms with Gasteiger partial charge in [0.15, 0.2) is 5.96 Å². The summed E-state index contributed by atoms with van der Waals surface area (Å²) in [6.07, 6.45) is 1.21. The van der Waals surface area contributed by atoms with E-state index in [-0.39, 0.29) is 12.1 Å². The van der Waals surface area contributed by atoms with Gasteiger partial charge in [-0.15, -0.1) is 0 Å². The molecular weight excluding hydrogens is 331 g/mol. The molecular formula is C20H33FN4O. The Balaban J connectivity index is 1.88. The van der Waals surface area contributed by atoms with Crippen LogP contribution >= 0.6 is 0 Å². The molecule has 0 radical (unpaired) electrons. The number of nitrogens with zero attached hydrogens (tertiary/aromatic N) is 2. The Hall–Kier alpha value is -1.66. The summed E-state index contributed by atoms with van der Waals surface area (Å²) in [6, 6.07) is 6.67. The van der Waals surface area contributed by atoms with Gasteiger partial charge in [-0.25, -0.2) is 4.39 Å². The Morgan fingerprint density at radius 2 is 2.00 bits per heavy atom. The number of rotatable bonds is 7. The fourth-order valence-corrected chi connectivity index (χ4v) is 3.31. The van der Waals surface area contributed by atoms with Gasteiger partial charge < -0.3 is 20.6 Å². The molecule has 1 saturated heterocycles. The highest BCUT2D eigenvalue weighted by Gasteiger charge is 2.20. The molecule has 0 aromatic heterocycles. The number of aliphatic imine (C=N–C) groups is 1. The molecule has 1 aliphatic heterocycles. The highest BCUT2D eigenvalue weighted by atomic mass is 19.1. The van der Waals surface area contributed by atoms with Crippen molar-refractivity contribution in [2.24, 2.45) is 10.9 Å². The first kappa shape index (κ1) is 20.6. The maximum Gasteiger partial charge on any atom is 0.191 e. The lowest BCUT2D eigenvalue weighted by molar-refractivity contribution is 0.181. The summed E-state index contributed by atoms with van der Waals surface area (Å²) in [4.78, 5) is 6.97. The number of aliphatic hydroxyl groups is 1. The Bertz CT molecular complexity index is 571. The number of halogens is 1. The minimum absolute atomic E-state index is 0.127. The van der Waals surface area contributed by atoms with Crippen LogP contribution in [-0.2, 0) is 0 Å². The summed E-state index contributed by atoms with van der Waals surface area (Å²) in [5.41, 5.74) is 0.286. The lowest BCUT2D eigenvalue weighted by Crippen LogP contribution is -2.49. The first-order chi connectivity index (χ1) is 12.5. The van der Waals surface area contributed by atoms with Crippen molar-refractivity contribution in [3.8, 4) is 0 Å². The van der Waals surface area contributed by atoms with Crippen LogP contribution in [0, 0.1) is 11.7 Å². The SMILES string of the molecule is CCNC(=NCC(O)c1ccccc1F)NC1CCN(CC(C)C)CC1. The second-order valence-corrected chi connectivity index (χ2v) is 7.37. The smallest absolute Gasteiger partial charge is 0.191 e. The average molecular weight is 365 g/mol. The number of hydrogen-bond acceptors (Lipinski definition) is 3. The molecule has 1 fully saturated rings. The third-order valence-electron chi connectivity index (χ3n) is 4.58. The third kappa shape index (κ3) is 6.57. The van der Waals surface area contributed by atoms with Crippen molar-refractivity contribution in [1.29, 1.82) is 0 Å². The molecule has 1 aromatic carbocycles. The van der Waals surface area contributed by atoms with Gasteiger partial charge in [0.25, 0.3) is 0 Å². The van der Waals surface area contributed by atoms with Gasteiger partial charge in [0.2, 0.25) is 0 Å². The van der Waals surface area contributed by atoms with Crippen molar-refractivity contribution in [2.75, 3.05) is 32.7 Å². The minimum atomic E-state index is -0.945. The van der Waals surface area contributed by atoms with E-state index in [9.17, 15) is 9.50 Å². The van der Waals surface area contributed by atoms with Gasteiger partial charge in [0, 0.05) is 37.8 Å². The maximum absolute atomic E-state index is 13.8. The maximum atomic E-state index is 13.8. The highest BCUT2D eigenvalue weighted by Crippen LogP contribution is 2.17. The second kappa shape index (κ2) is 10.5. The van der Waals surface area contributed by atoms with Crippen molar-refractivity contribution in [1.82, 2.24) is 15.5 Å². The van der Waals surface area contributed by atoms with E-state index in [1.54, 1.807) is 18.2 Å². The van der Waals surface area contributed by atoms with Crippen LogP contribution in [0.5, 0.6) is 0 Å². The molecule has 1 aliphatic rings. The van der Waals surface area contributed by atoms with Gasteiger partial charge >= 0.3 is 0 Å². The van der Waals surface area contributed by atoms with E-state index in [1.165, 1.54) is 6.07 Å². The number of benzene rings is 1. The Morgan fingerprint density at radius 1 is 1.31 bits per heavy atom. The summed E-state index contributed by atoms with van der Waals surface area (Å²) in [5, 5.41) is 16.9. The van der Waals surface area contributed by atoms with Crippen molar-refractivity contribution in [3.63, 3.8) is 0 Å². The Kier molecular flexibility index (Phi) is 8.32. The van der Waals surface area contributed by atoms with Gasteiger partial charge in [-0.1, -0.05) is 32.0 Å². The first-order valence-corrected chi connectivity index (χ1v) is 9.69. The Labute approximate surface area is 156 Å². The molecule has 6 heteroatoms. The molecule has 0 spiro atoms. The van der Waals surface area contributed by atoms with Crippen LogP contribution in [0.1, 0.15) is 45.3 Å². The molecule has 0 amide bonds. The molecule has 0 bridgehead atoms. The quantitative estimate of drug-likeness (QED) is 0.514. The fourth-order valence-electron chi connectivity index (χ4n) is 3.31. The van der Waals surface area contributed by atoms with Crippen molar-refractivity contribution >= 4 is 5.96 Å². The van der Waals surface area contributed by atoms with Crippen molar-refractivity contribution in [3.05, 3.63) is 35.6 Å². The van der Waals surface area contributed by atoms with Crippen LogP contribution < -0.4 is 10.6 Å². The lowest BCUT2D eigenvalue weighted by Gasteiger charge is -2.34. The third-order valence-corrected chi connectivity index (χ3v) is 4.58. The summed E-state index contributed by atoms with van der Waals surface area (Å²) in [6.45, 7) is 10.7. The number of hydrogen-bond donors (Lipinski definition) is 3. The number of likely N-dealkylation sites (tertiary alicyclic amines) is 1. The molecule has 1 unspecified atom stereocenters. The molecule has 5 nitrogen and oxygen atoms in total. The normalized spacial score (nSPS) is 18.2. The number of piperidine rings is 1. The van der Waals surface area contributed by atoms with E-state index in [0.717, 1.165) is 39.0 Å². The minimum Gasteiger partial charge on any atom is -0.386 e. The van der Waals surface area contributed by atoms with Crippen LogP contribution in [0.15, 0.2) is 29.3 Å². The van der Waals surface area contributed by atoms with E-state index >= 15 is 0 Å². The zero-order valence-electron chi connectivity index (χ0n) is 16.2. The van der Waals surface area contributed by atoms with Gasteiger partial charge in [-0.05, 0) is 31.7 Å². The van der Waals surface area contributed by atoms with Gasteiger partial charge in [-0.3, -0.25) is 4.99 Å². The molecule has 146 valence electrons. The molecule has 1 atom stereocenters. The number of nitrogens with one attached hydrogen (secondary N) is 2. The summed E-state index contributed by atoms with van der Waals surface area (Å²) in [5.74, 6) is 0.981. The number of guanidine groups is 1. The summed E-state index contributed by atoms with van der Waals surface area (Å²) >= 11 is 0. The van der Waals surface area contributed by atoms with E-state index in [1.807, 2.05) is 6.92 Å². The first-order valence-electron chi connectivity index (χ1n) is 9.69. The Morgan fingerprint density at radius 3 is 2.62 bits per heavy atom. The largest absolute Gasteiger partial charge is 0.386 e. The van der Waals surface area contributed by atoms with Crippen LogP contribution in [0.2, 0.25) is 0 Å². The van der Waals surface area contributed by atoms with E-state index in [2.05, 4.69) is 34.4 Å². The van der Waals surface area contributed by atoms with Gasteiger partial charge in [-0.2, -0.15) is 0 Å². The monoisotopic (exact) mass is 364 g/mol. The van der Waals surface area contributed by atoms with E-state index < -0.39 is 11.9 Å². The van der Waals surface area contributed by atoms with Crippen molar-refractivity contribution < 1.29 is 9.50 Å². The molecule has 1 aromatic rings. The second-order valence-electron chi connectivity index (χ2n) is 7.37. The van der Waals surface area contributed by atoms with Crippen LogP contribution in [0.3, 0.4) is 0 Å². The lowest BCUT2D eigenvalue weighted by atomic mass is 10.0. The fraction of sp³-hybridized carbons (Fsp3) is 0.650. The standard InChI is InChI=1S/C20H33FN4O/c1-4-22-20(23-13-19(26)17-7-5-6-8-18(17)21)24-16-9-11-25(12-10-16)14-15(2)3/h5-8,15-16,19,26H,4,9-14H2,1-3H3,(H2,22,23,24). The molecule has 26 heavy (non-hydrogen) atoms. The molecule has 2 rings (SSSR count). The zero-order valence-corrected chi connectivity index (χ0v) is 16.2. The molecule has 0 saturated carbocycles. The van der Waals surface area contributed by atoms with Crippen LogP contribution in [0.4, 0.5) is 4.39 Å². The van der Waals surface area contributed by atoms with E-state index in [0.29, 0.717) is 17.9 Å². The predicted molar refractivity (Wildman–Crippen MR) is 105 cm³/mol. The highest BCUT2D eigenvalue weighted by molar-refractivity contribution is 5.80. The van der Waals surface area contributed by atoms with Gasteiger partial charge in [0.05, 0.1) is 6.54 Å². The zero-order chi connectivity index (χ0) is 18.9. The average Bonchev–Trinajstić information content (AvgIpc) is 2.61. The molecule has 0 aliphatic carbocycles. The predicted octanol–water partition coefficient (Wildman–Crippen LogP) is 2.53. The summed E-state index contributed by atoms with van der Waals surface area (Å²) < 4.78 is 13.8. The van der Waals surface area contributed by atoms with Crippen LogP contribution in [-0.4, -0.2) is 54.7 Å². The molecule has 3 N–H and O–H groups in total. The topological polar surface area (TPSA) is 59.9 Å². The van der Waals surface area contributed by atoms with Crippen molar-refractivity contribution in [2.45, 2.75) is 45.8 Å². The van der Waals surface area contributed by atoms with Crippen LogP contribution in [0.25, 0.3) is 0 Å². The summed E-state index contributed by atoms with van der Waals surface area (Å²) in [7, 11) is 0. The van der Waals surface area contributed by atoms with E-state index in [4.69, 9.17) is 0 Å². The van der Waals surface area contributed by atoms with Gasteiger partial charge in [0.1, 0.15) is 11.9 Å².